The van der Waals surface area contributed by atoms with Crippen LogP contribution in [0.5, 0.6) is 5.75 Å². The van der Waals surface area contributed by atoms with Gasteiger partial charge in [0.05, 0.1) is 0 Å². The van der Waals surface area contributed by atoms with Crippen molar-refractivity contribution in [3.8, 4) is 5.75 Å². The maximum Gasteiger partial charge on any atom is 0.308 e. The molecule has 21 heavy (non-hydrogen) atoms. The number of hydrogen-bond acceptors (Lipinski definition) is 4. The second-order valence-electron chi connectivity index (χ2n) is 4.89. The lowest BCUT2D eigenvalue weighted by atomic mass is 10.0. The minimum atomic E-state index is -0.381. The van der Waals surface area contributed by atoms with E-state index in [1.807, 2.05) is 31.1 Å². The van der Waals surface area contributed by atoms with Crippen molar-refractivity contribution in [3.05, 3.63) is 59.7 Å². The van der Waals surface area contributed by atoms with Gasteiger partial charge in [0.2, 0.25) is 0 Å². The summed E-state index contributed by atoms with van der Waals surface area (Å²) < 4.78 is 4.94. The Balaban J connectivity index is 2.17. The van der Waals surface area contributed by atoms with E-state index in [0.717, 1.165) is 5.69 Å². The zero-order valence-electron chi connectivity index (χ0n) is 12.3. The van der Waals surface area contributed by atoms with Gasteiger partial charge in [0, 0.05) is 37.8 Å². The van der Waals surface area contributed by atoms with Crippen molar-refractivity contribution in [2.75, 3.05) is 19.0 Å². The van der Waals surface area contributed by atoms with Crippen LogP contribution in [0.25, 0.3) is 0 Å². The molecule has 0 radical (unpaired) electrons. The predicted molar refractivity (Wildman–Crippen MR) is 82.0 cm³/mol. The number of carbonyl (C=O) groups excluding carboxylic acids is 2. The third-order valence-corrected chi connectivity index (χ3v) is 3.02. The lowest BCUT2D eigenvalue weighted by Crippen LogP contribution is -2.09. The molecule has 2 aromatic carbocycles. The Morgan fingerprint density at radius 2 is 1.33 bits per heavy atom. The van der Waals surface area contributed by atoms with E-state index >= 15 is 0 Å². The molecule has 0 atom stereocenters. The second-order valence-corrected chi connectivity index (χ2v) is 4.89. The van der Waals surface area contributed by atoms with Crippen LogP contribution in [-0.4, -0.2) is 25.8 Å². The van der Waals surface area contributed by atoms with Gasteiger partial charge in [-0.3, -0.25) is 9.59 Å². The molecule has 2 rings (SSSR count). The van der Waals surface area contributed by atoms with Crippen LogP contribution in [0.2, 0.25) is 0 Å². The number of ketones is 1. The fourth-order valence-electron chi connectivity index (χ4n) is 1.92. The summed E-state index contributed by atoms with van der Waals surface area (Å²) in [6.07, 6.45) is 0. The summed E-state index contributed by atoms with van der Waals surface area (Å²) in [5, 5.41) is 0. The molecule has 0 aliphatic rings. The summed E-state index contributed by atoms with van der Waals surface area (Å²) in [4.78, 5) is 25.2. The molecule has 4 nitrogen and oxygen atoms in total. The Morgan fingerprint density at radius 3 is 1.76 bits per heavy atom. The van der Waals surface area contributed by atoms with E-state index in [-0.39, 0.29) is 11.8 Å². The van der Waals surface area contributed by atoms with Crippen LogP contribution in [0.3, 0.4) is 0 Å². The highest BCUT2D eigenvalue weighted by atomic mass is 16.5. The number of anilines is 1. The van der Waals surface area contributed by atoms with Gasteiger partial charge in [0.15, 0.2) is 5.78 Å². The molecule has 0 amide bonds. The van der Waals surface area contributed by atoms with E-state index < -0.39 is 0 Å². The average Bonchev–Trinajstić information content (AvgIpc) is 2.47. The highest BCUT2D eigenvalue weighted by molar-refractivity contribution is 6.09. The Morgan fingerprint density at radius 1 is 0.857 bits per heavy atom. The normalized spacial score (nSPS) is 10.0. The Labute approximate surface area is 124 Å². The van der Waals surface area contributed by atoms with Crippen molar-refractivity contribution < 1.29 is 14.3 Å². The summed E-state index contributed by atoms with van der Waals surface area (Å²) in [6.45, 7) is 1.34. The maximum absolute atomic E-state index is 12.3. The molecule has 0 saturated carbocycles. The van der Waals surface area contributed by atoms with Crippen LogP contribution in [-0.2, 0) is 4.79 Å². The number of hydrogen-bond donors (Lipinski definition) is 0. The summed E-state index contributed by atoms with van der Waals surface area (Å²) in [6, 6.07) is 13.9. The number of carbonyl (C=O) groups is 2. The Hall–Kier alpha value is -2.62. The molecule has 0 spiro atoms. The minimum absolute atomic E-state index is 0.0605. The monoisotopic (exact) mass is 283 g/mol. The van der Waals surface area contributed by atoms with E-state index in [9.17, 15) is 9.59 Å². The smallest absolute Gasteiger partial charge is 0.308 e. The van der Waals surface area contributed by atoms with Crippen molar-refractivity contribution >= 4 is 17.4 Å². The molecule has 0 saturated heterocycles. The molecule has 0 aliphatic heterocycles. The van der Waals surface area contributed by atoms with E-state index in [4.69, 9.17) is 4.74 Å². The summed E-state index contributed by atoms with van der Waals surface area (Å²) >= 11 is 0. The lowest BCUT2D eigenvalue weighted by Gasteiger charge is -2.12. The molecule has 0 bridgehead atoms. The van der Waals surface area contributed by atoms with Crippen LogP contribution in [0.15, 0.2) is 48.5 Å². The topological polar surface area (TPSA) is 46.6 Å². The molecule has 0 aliphatic carbocycles. The molecule has 0 unspecified atom stereocenters. The van der Waals surface area contributed by atoms with Crippen molar-refractivity contribution in [3.63, 3.8) is 0 Å². The van der Waals surface area contributed by atoms with E-state index in [1.165, 1.54) is 6.92 Å². The van der Waals surface area contributed by atoms with Crippen molar-refractivity contribution in [1.82, 2.24) is 0 Å². The van der Waals surface area contributed by atoms with Crippen molar-refractivity contribution in [1.29, 1.82) is 0 Å². The summed E-state index contributed by atoms with van der Waals surface area (Å²) in [7, 11) is 3.90. The van der Waals surface area contributed by atoms with Gasteiger partial charge in [-0.05, 0) is 48.5 Å². The molecule has 4 heteroatoms. The van der Waals surface area contributed by atoms with Gasteiger partial charge in [-0.1, -0.05) is 0 Å². The molecule has 2 aromatic rings. The van der Waals surface area contributed by atoms with Crippen LogP contribution in [0.4, 0.5) is 5.69 Å². The number of nitrogens with zero attached hydrogens (tertiary/aromatic N) is 1. The Kier molecular flexibility index (Phi) is 4.38. The predicted octanol–water partition coefficient (Wildman–Crippen LogP) is 2.91. The third-order valence-electron chi connectivity index (χ3n) is 3.02. The first-order valence-corrected chi connectivity index (χ1v) is 6.58. The first-order chi connectivity index (χ1) is 9.97. The van der Waals surface area contributed by atoms with Crippen LogP contribution < -0.4 is 9.64 Å². The fraction of sp³-hybridized carbons (Fsp3) is 0.176. The molecule has 0 heterocycles. The van der Waals surface area contributed by atoms with Crippen LogP contribution in [0.1, 0.15) is 22.8 Å². The standard InChI is InChI=1S/C17H17NO3/c1-12(19)21-16-10-6-14(7-11-16)17(20)13-4-8-15(9-5-13)18(2)3/h4-11H,1-3H3. The van der Waals surface area contributed by atoms with Gasteiger partial charge < -0.3 is 9.64 Å². The second kappa shape index (κ2) is 6.22. The van der Waals surface area contributed by atoms with Gasteiger partial charge >= 0.3 is 5.97 Å². The largest absolute Gasteiger partial charge is 0.427 e. The maximum atomic E-state index is 12.3. The van der Waals surface area contributed by atoms with E-state index in [0.29, 0.717) is 16.9 Å². The van der Waals surface area contributed by atoms with Gasteiger partial charge in [0.1, 0.15) is 5.75 Å². The number of benzene rings is 2. The highest BCUT2D eigenvalue weighted by Crippen LogP contribution is 2.18. The van der Waals surface area contributed by atoms with Gasteiger partial charge in [-0.25, -0.2) is 0 Å². The van der Waals surface area contributed by atoms with Gasteiger partial charge in [-0.15, -0.1) is 0 Å². The SMILES string of the molecule is CC(=O)Oc1ccc(C(=O)c2ccc(N(C)C)cc2)cc1. The lowest BCUT2D eigenvalue weighted by molar-refractivity contribution is -0.131. The van der Waals surface area contributed by atoms with Gasteiger partial charge in [0.25, 0.3) is 0 Å². The van der Waals surface area contributed by atoms with Crippen molar-refractivity contribution in [2.45, 2.75) is 6.92 Å². The third kappa shape index (κ3) is 3.69. The fourth-order valence-corrected chi connectivity index (χ4v) is 1.92. The highest BCUT2D eigenvalue weighted by Gasteiger charge is 2.09. The molecular formula is C17H17NO3. The van der Waals surface area contributed by atoms with E-state index in [1.54, 1.807) is 36.4 Å². The average molecular weight is 283 g/mol. The van der Waals surface area contributed by atoms with Crippen LogP contribution in [0, 0.1) is 0 Å². The summed E-state index contributed by atoms with van der Waals surface area (Å²) in [5.74, 6) is -0.00922. The quantitative estimate of drug-likeness (QED) is 0.492. The molecule has 0 aromatic heterocycles. The first kappa shape index (κ1) is 14.8. The summed E-state index contributed by atoms with van der Waals surface area (Å²) in [5.41, 5.74) is 2.22. The minimum Gasteiger partial charge on any atom is -0.427 e. The Bertz CT molecular complexity index is 643. The molecule has 108 valence electrons. The zero-order chi connectivity index (χ0) is 15.4. The zero-order valence-corrected chi connectivity index (χ0v) is 12.3. The molecule has 0 N–H and O–H groups in total. The number of rotatable bonds is 4. The molecule has 0 fully saturated rings. The number of esters is 1. The number of ether oxygens (including phenoxy) is 1. The van der Waals surface area contributed by atoms with E-state index in [2.05, 4.69) is 0 Å². The first-order valence-electron chi connectivity index (χ1n) is 6.58. The van der Waals surface area contributed by atoms with Gasteiger partial charge in [-0.2, -0.15) is 0 Å². The molecular weight excluding hydrogens is 266 g/mol. The van der Waals surface area contributed by atoms with Crippen molar-refractivity contribution in [2.24, 2.45) is 0 Å². The van der Waals surface area contributed by atoms with Crippen LogP contribution >= 0.6 is 0 Å².